The van der Waals surface area contributed by atoms with Crippen LogP contribution in [0.1, 0.15) is 16.7 Å². The Hall–Kier alpha value is -3.48. The number of carbonyl (C=O) groups excluding carboxylic acids is 3. The number of carbonyl (C=O) groups is 3. The first-order valence-corrected chi connectivity index (χ1v) is 8.96. The average Bonchev–Trinajstić information content (AvgIpc) is 2.67. The van der Waals surface area contributed by atoms with Crippen LogP contribution in [0.15, 0.2) is 48.5 Å². The van der Waals surface area contributed by atoms with Crippen LogP contribution >= 0.6 is 0 Å². The summed E-state index contributed by atoms with van der Waals surface area (Å²) in [7, 11) is 1.45. The summed E-state index contributed by atoms with van der Waals surface area (Å²) in [6.45, 7) is 3.09. The van der Waals surface area contributed by atoms with Crippen molar-refractivity contribution >= 4 is 29.5 Å². The van der Waals surface area contributed by atoms with Gasteiger partial charge in [0.25, 0.3) is 5.91 Å². The molecule has 0 unspecified atom stereocenters. The minimum Gasteiger partial charge on any atom is -0.452 e. The number of benzene rings is 2. The van der Waals surface area contributed by atoms with Gasteiger partial charge in [-0.2, -0.15) is 0 Å². The van der Waals surface area contributed by atoms with Crippen LogP contribution in [0, 0.1) is 19.7 Å². The molecule has 7 heteroatoms. The highest BCUT2D eigenvalue weighted by Crippen LogP contribution is 2.19. The highest BCUT2D eigenvalue weighted by Gasteiger charge is 2.15. The first-order valence-electron chi connectivity index (χ1n) is 8.96. The fraction of sp³-hybridized carbons (Fsp3) is 0.227. The monoisotopic (exact) mass is 398 g/mol. The number of likely N-dealkylation sites (N-methyl/N-ethyl adjacent to an activating group) is 1. The molecule has 2 amide bonds. The van der Waals surface area contributed by atoms with Crippen LogP contribution in [-0.4, -0.2) is 42.9 Å². The SMILES string of the molecule is Cc1cccc(C)c1NC(=O)CN(C)C(=O)COC(=O)/C=C/c1cccc(F)c1. The smallest absolute Gasteiger partial charge is 0.331 e. The second-order valence-corrected chi connectivity index (χ2v) is 6.56. The van der Waals surface area contributed by atoms with Gasteiger partial charge >= 0.3 is 5.97 Å². The highest BCUT2D eigenvalue weighted by molar-refractivity contribution is 5.96. The lowest BCUT2D eigenvalue weighted by Gasteiger charge is -2.18. The summed E-state index contributed by atoms with van der Waals surface area (Å²) in [5, 5.41) is 2.79. The van der Waals surface area contributed by atoms with Crippen LogP contribution in [-0.2, 0) is 19.1 Å². The zero-order valence-electron chi connectivity index (χ0n) is 16.6. The maximum Gasteiger partial charge on any atom is 0.331 e. The van der Waals surface area contributed by atoms with Crippen molar-refractivity contribution in [1.29, 1.82) is 0 Å². The van der Waals surface area contributed by atoms with Crippen molar-refractivity contribution in [2.24, 2.45) is 0 Å². The molecular formula is C22H23FN2O4. The van der Waals surface area contributed by atoms with E-state index in [1.165, 1.54) is 36.2 Å². The maximum absolute atomic E-state index is 13.1. The number of nitrogens with one attached hydrogen (secondary N) is 1. The number of rotatable bonds is 7. The van der Waals surface area contributed by atoms with Crippen LogP contribution in [0.4, 0.5) is 10.1 Å². The van der Waals surface area contributed by atoms with Gasteiger partial charge in [-0.3, -0.25) is 9.59 Å². The molecule has 1 N–H and O–H groups in total. The van der Waals surface area contributed by atoms with Gasteiger partial charge in [-0.05, 0) is 48.7 Å². The number of esters is 1. The van der Waals surface area contributed by atoms with Gasteiger partial charge in [-0.25, -0.2) is 9.18 Å². The minimum atomic E-state index is -0.740. The second-order valence-electron chi connectivity index (χ2n) is 6.56. The van der Waals surface area contributed by atoms with Crippen molar-refractivity contribution in [1.82, 2.24) is 4.90 Å². The lowest BCUT2D eigenvalue weighted by molar-refractivity contribution is -0.148. The van der Waals surface area contributed by atoms with Crippen molar-refractivity contribution in [3.63, 3.8) is 0 Å². The molecule has 2 rings (SSSR count). The Morgan fingerprint density at radius 2 is 1.76 bits per heavy atom. The highest BCUT2D eigenvalue weighted by atomic mass is 19.1. The summed E-state index contributed by atoms with van der Waals surface area (Å²) >= 11 is 0. The van der Waals surface area contributed by atoms with Crippen molar-refractivity contribution < 1.29 is 23.5 Å². The molecule has 0 saturated heterocycles. The summed E-state index contributed by atoms with van der Waals surface area (Å²) < 4.78 is 18.0. The third kappa shape index (κ3) is 6.88. The molecule has 29 heavy (non-hydrogen) atoms. The largest absolute Gasteiger partial charge is 0.452 e. The zero-order valence-corrected chi connectivity index (χ0v) is 16.6. The Labute approximate surface area is 169 Å². The van der Waals surface area contributed by atoms with Crippen LogP contribution in [0.5, 0.6) is 0 Å². The van der Waals surface area contributed by atoms with E-state index in [9.17, 15) is 18.8 Å². The van der Waals surface area contributed by atoms with Crippen molar-refractivity contribution in [3.8, 4) is 0 Å². The maximum atomic E-state index is 13.1. The van der Waals surface area contributed by atoms with Gasteiger partial charge in [-0.15, -0.1) is 0 Å². The van der Waals surface area contributed by atoms with E-state index >= 15 is 0 Å². The van der Waals surface area contributed by atoms with E-state index in [-0.39, 0.29) is 12.5 Å². The normalized spacial score (nSPS) is 10.6. The van der Waals surface area contributed by atoms with E-state index in [1.807, 2.05) is 32.0 Å². The van der Waals surface area contributed by atoms with Crippen molar-refractivity contribution in [2.45, 2.75) is 13.8 Å². The van der Waals surface area contributed by atoms with E-state index in [0.29, 0.717) is 11.3 Å². The van der Waals surface area contributed by atoms with Crippen LogP contribution in [0.3, 0.4) is 0 Å². The summed E-state index contributed by atoms with van der Waals surface area (Å²) in [6, 6.07) is 11.4. The van der Waals surface area contributed by atoms with Gasteiger partial charge < -0.3 is 15.0 Å². The first-order chi connectivity index (χ1) is 13.8. The first kappa shape index (κ1) is 21.8. The van der Waals surface area contributed by atoms with E-state index in [0.717, 1.165) is 17.2 Å². The molecule has 152 valence electrons. The Balaban J connectivity index is 1.81. The number of ether oxygens (including phenoxy) is 1. The Kier molecular flexibility index (Phi) is 7.65. The number of nitrogens with zero attached hydrogens (tertiary/aromatic N) is 1. The molecule has 0 aliphatic heterocycles. The van der Waals surface area contributed by atoms with Gasteiger partial charge in [0.1, 0.15) is 5.82 Å². The van der Waals surface area contributed by atoms with Gasteiger partial charge in [-0.1, -0.05) is 30.3 Å². The van der Waals surface area contributed by atoms with Crippen LogP contribution in [0.25, 0.3) is 6.08 Å². The molecule has 0 bridgehead atoms. The molecule has 0 spiro atoms. The fourth-order valence-electron chi connectivity index (χ4n) is 2.56. The van der Waals surface area contributed by atoms with Crippen LogP contribution < -0.4 is 5.32 Å². The molecule has 0 saturated carbocycles. The van der Waals surface area contributed by atoms with E-state index < -0.39 is 24.3 Å². The van der Waals surface area contributed by atoms with E-state index in [2.05, 4.69) is 5.32 Å². The lowest BCUT2D eigenvalue weighted by atomic mass is 10.1. The van der Waals surface area contributed by atoms with Crippen molar-refractivity contribution in [2.75, 3.05) is 25.5 Å². The molecular weight excluding hydrogens is 375 g/mol. The number of halogens is 1. The Bertz CT molecular complexity index is 920. The van der Waals surface area contributed by atoms with Gasteiger partial charge in [0, 0.05) is 18.8 Å². The number of amides is 2. The van der Waals surface area contributed by atoms with Crippen LogP contribution in [0.2, 0.25) is 0 Å². The number of hydrogen-bond acceptors (Lipinski definition) is 4. The summed E-state index contributed by atoms with van der Waals surface area (Å²) in [4.78, 5) is 37.2. The molecule has 0 aliphatic rings. The third-order valence-corrected chi connectivity index (χ3v) is 4.15. The molecule has 0 fully saturated rings. The molecule has 0 aliphatic carbocycles. The molecule has 2 aromatic rings. The van der Waals surface area contributed by atoms with E-state index in [1.54, 1.807) is 6.07 Å². The zero-order chi connectivity index (χ0) is 21.4. The molecule has 6 nitrogen and oxygen atoms in total. The number of hydrogen-bond donors (Lipinski definition) is 1. The summed E-state index contributed by atoms with van der Waals surface area (Å²) in [6.07, 6.45) is 2.49. The predicted octanol–water partition coefficient (Wildman–Crippen LogP) is 3.10. The second kappa shape index (κ2) is 10.2. The topological polar surface area (TPSA) is 75.7 Å². The average molecular weight is 398 g/mol. The lowest BCUT2D eigenvalue weighted by Crippen LogP contribution is -2.37. The predicted molar refractivity (Wildman–Crippen MR) is 109 cm³/mol. The van der Waals surface area contributed by atoms with Crippen molar-refractivity contribution in [3.05, 3.63) is 71.0 Å². The molecule has 2 aromatic carbocycles. The van der Waals surface area contributed by atoms with Gasteiger partial charge in [0.05, 0.1) is 6.54 Å². The molecule has 0 atom stereocenters. The summed E-state index contributed by atoms with van der Waals surface area (Å²) in [5.41, 5.74) is 3.05. The third-order valence-electron chi connectivity index (χ3n) is 4.15. The molecule has 0 heterocycles. The van der Waals surface area contributed by atoms with Gasteiger partial charge in [0.2, 0.25) is 5.91 Å². The fourth-order valence-corrected chi connectivity index (χ4v) is 2.56. The minimum absolute atomic E-state index is 0.177. The Morgan fingerprint density at radius 3 is 2.41 bits per heavy atom. The standard InChI is InChI=1S/C22H23FN2O4/c1-15-6-4-7-16(2)22(15)24-19(26)13-25(3)20(27)14-29-21(28)11-10-17-8-5-9-18(23)12-17/h4-12H,13-14H2,1-3H3,(H,24,26)/b11-10+. The quantitative estimate of drug-likeness (QED) is 0.574. The number of anilines is 1. The Morgan fingerprint density at radius 1 is 1.10 bits per heavy atom. The molecule has 0 aromatic heterocycles. The summed E-state index contributed by atoms with van der Waals surface area (Å²) in [5.74, 6) is -2.03. The number of aryl methyl sites for hydroxylation is 2. The molecule has 0 radical (unpaired) electrons. The number of para-hydroxylation sites is 1. The van der Waals surface area contributed by atoms with Gasteiger partial charge in [0.15, 0.2) is 6.61 Å². The van der Waals surface area contributed by atoms with E-state index in [4.69, 9.17) is 4.74 Å².